The largest absolute Gasteiger partial charge is 0.339 e. The molecule has 7 heteroatoms. The number of hydrogen-bond donors (Lipinski definition) is 4. The maximum atomic E-state index is 12.2. The summed E-state index contributed by atoms with van der Waals surface area (Å²) < 4.78 is 0. The Morgan fingerprint density at radius 2 is 1.85 bits per heavy atom. The third kappa shape index (κ3) is 6.08. The van der Waals surface area contributed by atoms with Crippen LogP contribution in [0.15, 0.2) is 54.9 Å². The minimum Gasteiger partial charge on any atom is -0.339 e. The van der Waals surface area contributed by atoms with Crippen LogP contribution in [0.4, 0.5) is 0 Å². The fourth-order valence-electron chi connectivity index (χ4n) is 2.17. The summed E-state index contributed by atoms with van der Waals surface area (Å²) in [4.78, 5) is 27.7. The van der Waals surface area contributed by atoms with Crippen LogP contribution in [0, 0.1) is 11.8 Å². The van der Waals surface area contributed by atoms with Crippen molar-refractivity contribution in [3.8, 4) is 11.8 Å². The molecule has 0 unspecified atom stereocenters. The fourth-order valence-corrected chi connectivity index (χ4v) is 2.17. The van der Waals surface area contributed by atoms with E-state index in [9.17, 15) is 9.59 Å². The second-order valence-electron chi connectivity index (χ2n) is 5.75. The number of hydroxylamine groups is 1. The SMILES string of the molecule is C[C@@H](N)[C@H](NC(=O)c1ccc(C#CC=Cc2ccncc2)cc1)C(=O)NO. The number of aromatic nitrogens is 1. The van der Waals surface area contributed by atoms with Gasteiger partial charge in [-0.15, -0.1) is 0 Å². The van der Waals surface area contributed by atoms with Crippen molar-refractivity contribution in [2.75, 3.05) is 0 Å². The smallest absolute Gasteiger partial charge is 0.267 e. The van der Waals surface area contributed by atoms with Crippen molar-refractivity contribution in [1.29, 1.82) is 0 Å². The maximum Gasteiger partial charge on any atom is 0.267 e. The molecule has 1 heterocycles. The van der Waals surface area contributed by atoms with E-state index in [-0.39, 0.29) is 0 Å². The molecule has 1 aromatic carbocycles. The van der Waals surface area contributed by atoms with Crippen molar-refractivity contribution >= 4 is 17.9 Å². The van der Waals surface area contributed by atoms with Gasteiger partial charge in [0.15, 0.2) is 0 Å². The van der Waals surface area contributed by atoms with Crippen molar-refractivity contribution in [1.82, 2.24) is 15.8 Å². The van der Waals surface area contributed by atoms with E-state index in [2.05, 4.69) is 22.1 Å². The van der Waals surface area contributed by atoms with Gasteiger partial charge in [0.05, 0.1) is 0 Å². The lowest BCUT2D eigenvalue weighted by Crippen LogP contribution is -2.54. The highest BCUT2D eigenvalue weighted by atomic mass is 16.5. The number of nitrogens with one attached hydrogen (secondary N) is 2. The Balaban J connectivity index is 2.00. The quantitative estimate of drug-likeness (QED) is 0.360. The van der Waals surface area contributed by atoms with Crippen molar-refractivity contribution in [2.24, 2.45) is 5.73 Å². The first-order valence-corrected chi connectivity index (χ1v) is 8.20. The summed E-state index contributed by atoms with van der Waals surface area (Å²) >= 11 is 0. The van der Waals surface area contributed by atoms with Gasteiger partial charge in [0.25, 0.3) is 11.8 Å². The zero-order valence-corrected chi connectivity index (χ0v) is 14.7. The molecular weight excluding hydrogens is 344 g/mol. The number of allylic oxidation sites excluding steroid dienone is 1. The Labute approximate surface area is 157 Å². The van der Waals surface area contributed by atoms with Crippen molar-refractivity contribution in [3.05, 3.63) is 71.6 Å². The van der Waals surface area contributed by atoms with Gasteiger partial charge >= 0.3 is 0 Å². The molecule has 0 fully saturated rings. The van der Waals surface area contributed by atoms with Crippen LogP contribution in [0.3, 0.4) is 0 Å². The number of nitrogens with two attached hydrogens (primary N) is 1. The van der Waals surface area contributed by atoms with Crippen LogP contribution in [0.1, 0.15) is 28.4 Å². The molecule has 0 bridgehead atoms. The molecule has 0 aliphatic heterocycles. The number of carbonyl (C=O) groups is 2. The number of pyridine rings is 1. The third-order valence-electron chi connectivity index (χ3n) is 3.63. The molecule has 0 aliphatic carbocycles. The summed E-state index contributed by atoms with van der Waals surface area (Å²) in [5.74, 6) is 4.64. The number of nitrogens with zero attached hydrogens (tertiary/aromatic N) is 1. The maximum absolute atomic E-state index is 12.2. The van der Waals surface area contributed by atoms with E-state index in [0.29, 0.717) is 5.56 Å². The second kappa shape index (κ2) is 9.87. The molecule has 0 radical (unpaired) electrons. The molecule has 2 aromatic rings. The van der Waals surface area contributed by atoms with Gasteiger partial charge in [-0.3, -0.25) is 19.8 Å². The van der Waals surface area contributed by atoms with E-state index in [1.807, 2.05) is 18.2 Å². The monoisotopic (exact) mass is 364 g/mol. The Hall–Kier alpha value is -3.47. The number of rotatable bonds is 5. The Morgan fingerprint density at radius 3 is 2.44 bits per heavy atom. The highest BCUT2D eigenvalue weighted by Crippen LogP contribution is 2.05. The van der Waals surface area contributed by atoms with Crippen molar-refractivity contribution in [3.63, 3.8) is 0 Å². The zero-order valence-electron chi connectivity index (χ0n) is 14.7. The van der Waals surface area contributed by atoms with Crippen LogP contribution >= 0.6 is 0 Å². The van der Waals surface area contributed by atoms with Crippen LogP contribution in [0.25, 0.3) is 6.08 Å². The minimum atomic E-state index is -1.04. The standard InChI is InChI=1S/C20H20N4O3/c1-14(21)18(20(26)24-27)23-19(25)17-8-6-15(7-9-17)4-2-3-5-16-10-12-22-13-11-16/h3,5-14,18,27H,21H2,1H3,(H,23,25)(H,24,26)/t14-,18+/m1/s1. The lowest BCUT2D eigenvalue weighted by Gasteiger charge is -2.19. The fraction of sp³-hybridized carbons (Fsp3) is 0.150. The summed E-state index contributed by atoms with van der Waals surface area (Å²) in [5.41, 5.74) is 9.24. The number of hydrogen-bond acceptors (Lipinski definition) is 5. The van der Waals surface area contributed by atoms with Gasteiger partial charge in [-0.25, -0.2) is 5.48 Å². The predicted molar refractivity (Wildman–Crippen MR) is 101 cm³/mol. The van der Waals surface area contributed by atoms with Gasteiger partial charge in [0, 0.05) is 29.6 Å². The highest BCUT2D eigenvalue weighted by molar-refractivity contribution is 5.97. The highest BCUT2D eigenvalue weighted by Gasteiger charge is 2.24. The van der Waals surface area contributed by atoms with E-state index in [1.54, 1.807) is 49.7 Å². The van der Waals surface area contributed by atoms with Gasteiger partial charge in [-0.1, -0.05) is 11.8 Å². The summed E-state index contributed by atoms with van der Waals surface area (Å²) in [6.45, 7) is 1.55. The number of amides is 2. The Morgan fingerprint density at radius 1 is 1.19 bits per heavy atom. The minimum absolute atomic E-state index is 0.351. The molecule has 27 heavy (non-hydrogen) atoms. The van der Waals surface area contributed by atoms with Crippen LogP contribution in [0.5, 0.6) is 0 Å². The Bertz CT molecular complexity index is 866. The second-order valence-corrected chi connectivity index (χ2v) is 5.75. The molecular formula is C20H20N4O3. The molecule has 138 valence electrons. The van der Waals surface area contributed by atoms with E-state index in [0.717, 1.165) is 11.1 Å². The molecule has 5 N–H and O–H groups in total. The first-order chi connectivity index (χ1) is 13.0. The molecule has 1 aromatic heterocycles. The molecule has 7 nitrogen and oxygen atoms in total. The van der Waals surface area contributed by atoms with Crippen LogP contribution in [-0.2, 0) is 4.79 Å². The lowest BCUT2D eigenvalue weighted by atomic mass is 10.1. The normalized spacial score (nSPS) is 12.6. The van der Waals surface area contributed by atoms with Crippen LogP contribution in [-0.4, -0.2) is 34.1 Å². The van der Waals surface area contributed by atoms with E-state index < -0.39 is 23.9 Å². The van der Waals surface area contributed by atoms with Crippen molar-refractivity contribution in [2.45, 2.75) is 19.0 Å². The first-order valence-electron chi connectivity index (χ1n) is 8.20. The lowest BCUT2D eigenvalue weighted by molar-refractivity contribution is -0.131. The predicted octanol–water partition coefficient (Wildman–Crippen LogP) is 1.10. The van der Waals surface area contributed by atoms with Gasteiger partial charge in [0.1, 0.15) is 6.04 Å². The van der Waals surface area contributed by atoms with Crippen molar-refractivity contribution < 1.29 is 14.8 Å². The summed E-state index contributed by atoms with van der Waals surface area (Å²) in [5, 5.41) is 11.2. The third-order valence-corrected chi connectivity index (χ3v) is 3.63. The first kappa shape index (κ1) is 19.8. The average Bonchev–Trinajstić information content (AvgIpc) is 2.69. The van der Waals surface area contributed by atoms with Crippen LogP contribution < -0.4 is 16.5 Å². The molecule has 0 aliphatic rings. The average molecular weight is 364 g/mol. The van der Waals surface area contributed by atoms with Gasteiger partial charge in [-0.2, -0.15) is 0 Å². The number of benzene rings is 1. The Kier molecular flexibility index (Phi) is 7.26. The summed E-state index contributed by atoms with van der Waals surface area (Å²) in [6.07, 6.45) is 7.02. The zero-order chi connectivity index (χ0) is 19.6. The number of carbonyl (C=O) groups excluding carboxylic acids is 2. The van der Waals surface area contributed by atoms with Gasteiger partial charge in [0.2, 0.25) is 0 Å². The summed E-state index contributed by atoms with van der Waals surface area (Å²) in [7, 11) is 0. The van der Waals surface area contributed by atoms with Crippen LogP contribution in [0.2, 0.25) is 0 Å². The van der Waals surface area contributed by atoms with Gasteiger partial charge in [-0.05, 0) is 61.0 Å². The molecule has 2 atom stereocenters. The van der Waals surface area contributed by atoms with E-state index in [1.165, 1.54) is 5.48 Å². The topological polar surface area (TPSA) is 117 Å². The van der Waals surface area contributed by atoms with Gasteiger partial charge < -0.3 is 11.1 Å². The molecule has 2 rings (SSSR count). The van der Waals surface area contributed by atoms with E-state index in [4.69, 9.17) is 10.9 Å². The molecule has 0 saturated heterocycles. The van der Waals surface area contributed by atoms with E-state index >= 15 is 0 Å². The molecule has 0 saturated carbocycles. The summed E-state index contributed by atoms with van der Waals surface area (Å²) in [6, 6.07) is 8.64. The molecule has 2 amide bonds. The molecule has 0 spiro atoms.